The zero-order valence-electron chi connectivity index (χ0n) is 17.5. The fourth-order valence-electron chi connectivity index (χ4n) is 3.58. The molecular weight excluding hydrogens is 348 g/mol. The fraction of sp³-hybridized carbons (Fsp3) is 0.435. The van der Waals surface area contributed by atoms with Crippen molar-refractivity contribution >= 4 is 23.0 Å². The predicted octanol–water partition coefficient (Wildman–Crippen LogP) is 3.38. The van der Waals surface area contributed by atoms with Crippen molar-refractivity contribution in [3.8, 4) is 0 Å². The Morgan fingerprint density at radius 2 is 1.71 bits per heavy atom. The van der Waals surface area contributed by atoms with Crippen LogP contribution in [0.5, 0.6) is 0 Å². The average molecular weight is 381 g/mol. The van der Waals surface area contributed by atoms with Gasteiger partial charge < -0.3 is 20.0 Å². The lowest BCUT2D eigenvalue weighted by atomic mass is 10.1. The fourth-order valence-corrected chi connectivity index (χ4v) is 3.58. The summed E-state index contributed by atoms with van der Waals surface area (Å²) in [5.74, 6) is 0.0587. The number of anilines is 3. The number of nitrogens with one attached hydrogen (secondary N) is 1. The summed E-state index contributed by atoms with van der Waals surface area (Å²) in [7, 11) is 6.22. The van der Waals surface area contributed by atoms with E-state index in [1.54, 1.807) is 0 Å². The second-order valence-electron chi connectivity index (χ2n) is 7.90. The maximum atomic E-state index is 12.4. The van der Waals surface area contributed by atoms with E-state index in [1.807, 2.05) is 20.2 Å². The minimum atomic E-state index is 0.0587. The number of amides is 1. The molecule has 0 radical (unpaired) electrons. The Bertz CT molecular complexity index is 793. The first-order valence-corrected chi connectivity index (χ1v) is 10.0. The van der Waals surface area contributed by atoms with Gasteiger partial charge in [0, 0.05) is 63.8 Å². The smallest absolute Gasteiger partial charge is 0.224 e. The van der Waals surface area contributed by atoms with Crippen molar-refractivity contribution in [3.63, 3.8) is 0 Å². The third-order valence-corrected chi connectivity index (χ3v) is 5.42. The van der Waals surface area contributed by atoms with Crippen LogP contribution < -0.4 is 15.1 Å². The molecule has 3 rings (SSSR count). The minimum absolute atomic E-state index is 0.0587. The molecule has 2 aromatic rings. The van der Waals surface area contributed by atoms with Gasteiger partial charge in [-0.15, -0.1) is 0 Å². The SMILES string of the molecule is Cc1cc(NC(=O)CCc2ccc(N(C)C)cc2)ccc1N1CCN(C)CC1. The van der Waals surface area contributed by atoms with Gasteiger partial charge in [-0.3, -0.25) is 4.79 Å². The van der Waals surface area contributed by atoms with E-state index in [-0.39, 0.29) is 5.91 Å². The van der Waals surface area contributed by atoms with E-state index in [1.165, 1.54) is 22.5 Å². The average Bonchev–Trinajstić information content (AvgIpc) is 2.68. The molecule has 0 spiro atoms. The number of rotatable bonds is 6. The first-order chi connectivity index (χ1) is 13.4. The predicted molar refractivity (Wildman–Crippen MR) is 119 cm³/mol. The van der Waals surface area contributed by atoms with E-state index in [4.69, 9.17) is 0 Å². The van der Waals surface area contributed by atoms with E-state index in [0.29, 0.717) is 6.42 Å². The molecule has 0 bridgehead atoms. The van der Waals surface area contributed by atoms with Crippen molar-refractivity contribution in [3.05, 3.63) is 53.6 Å². The summed E-state index contributed by atoms with van der Waals surface area (Å²) >= 11 is 0. The van der Waals surface area contributed by atoms with Gasteiger partial charge in [0.25, 0.3) is 0 Å². The molecule has 1 heterocycles. The summed E-state index contributed by atoms with van der Waals surface area (Å²) in [6.45, 7) is 6.40. The van der Waals surface area contributed by atoms with E-state index >= 15 is 0 Å². The highest BCUT2D eigenvalue weighted by Crippen LogP contribution is 2.25. The number of carbonyl (C=O) groups is 1. The number of piperazine rings is 1. The lowest BCUT2D eigenvalue weighted by Crippen LogP contribution is -2.44. The molecule has 1 saturated heterocycles. The molecular formula is C23H32N4O. The van der Waals surface area contributed by atoms with Crippen LogP contribution in [0, 0.1) is 6.92 Å². The van der Waals surface area contributed by atoms with Gasteiger partial charge in [0.2, 0.25) is 5.91 Å². The molecule has 5 nitrogen and oxygen atoms in total. The molecule has 1 aliphatic rings. The summed E-state index contributed by atoms with van der Waals surface area (Å²) in [6, 6.07) is 14.6. The number of nitrogens with zero attached hydrogens (tertiary/aromatic N) is 3. The monoisotopic (exact) mass is 380 g/mol. The molecule has 0 aromatic heterocycles. The number of aryl methyl sites for hydroxylation is 2. The standard InChI is InChI=1S/C23H32N4O/c1-18-17-20(8-11-22(18)27-15-13-26(4)14-16-27)24-23(28)12-7-19-5-9-21(10-6-19)25(2)3/h5-6,8-11,17H,7,12-16H2,1-4H3,(H,24,28). The summed E-state index contributed by atoms with van der Waals surface area (Å²) in [5, 5.41) is 3.05. The highest BCUT2D eigenvalue weighted by atomic mass is 16.1. The topological polar surface area (TPSA) is 38.8 Å². The van der Waals surface area contributed by atoms with Crippen molar-refractivity contribution in [2.45, 2.75) is 19.8 Å². The van der Waals surface area contributed by atoms with Gasteiger partial charge in [-0.1, -0.05) is 12.1 Å². The summed E-state index contributed by atoms with van der Waals surface area (Å²) < 4.78 is 0. The first-order valence-electron chi connectivity index (χ1n) is 10.0. The highest BCUT2D eigenvalue weighted by Gasteiger charge is 2.16. The van der Waals surface area contributed by atoms with Crippen molar-refractivity contribution < 1.29 is 4.79 Å². The number of hydrogen-bond donors (Lipinski definition) is 1. The van der Waals surface area contributed by atoms with Gasteiger partial charge in [0.05, 0.1) is 0 Å². The molecule has 1 N–H and O–H groups in total. The van der Waals surface area contributed by atoms with Gasteiger partial charge in [-0.25, -0.2) is 0 Å². The van der Waals surface area contributed by atoms with E-state index in [9.17, 15) is 4.79 Å². The number of benzene rings is 2. The van der Waals surface area contributed by atoms with Gasteiger partial charge in [-0.2, -0.15) is 0 Å². The van der Waals surface area contributed by atoms with Crippen LogP contribution in [-0.2, 0) is 11.2 Å². The highest BCUT2D eigenvalue weighted by molar-refractivity contribution is 5.91. The molecule has 1 aliphatic heterocycles. The van der Waals surface area contributed by atoms with Crippen LogP contribution >= 0.6 is 0 Å². The Hall–Kier alpha value is -2.53. The van der Waals surface area contributed by atoms with E-state index < -0.39 is 0 Å². The van der Waals surface area contributed by atoms with Gasteiger partial charge in [0.1, 0.15) is 0 Å². The Kier molecular flexibility index (Phi) is 6.57. The Morgan fingerprint density at radius 3 is 2.32 bits per heavy atom. The summed E-state index contributed by atoms with van der Waals surface area (Å²) in [6.07, 6.45) is 1.23. The van der Waals surface area contributed by atoms with E-state index in [2.05, 4.69) is 70.4 Å². The molecule has 1 amide bonds. The minimum Gasteiger partial charge on any atom is -0.378 e. The number of hydrogen-bond acceptors (Lipinski definition) is 4. The normalized spacial score (nSPS) is 14.8. The summed E-state index contributed by atoms with van der Waals surface area (Å²) in [4.78, 5) is 19.2. The second kappa shape index (κ2) is 9.11. The lowest BCUT2D eigenvalue weighted by molar-refractivity contribution is -0.116. The largest absolute Gasteiger partial charge is 0.378 e. The maximum absolute atomic E-state index is 12.4. The first kappa shape index (κ1) is 20.2. The Morgan fingerprint density at radius 1 is 1.04 bits per heavy atom. The molecule has 0 unspecified atom stereocenters. The quantitative estimate of drug-likeness (QED) is 0.834. The van der Waals surface area contributed by atoms with Crippen molar-refractivity contribution in [1.82, 2.24) is 4.90 Å². The summed E-state index contributed by atoms with van der Waals surface area (Å²) in [5.41, 5.74) is 5.71. The molecule has 1 fully saturated rings. The molecule has 0 aliphatic carbocycles. The molecule has 150 valence electrons. The zero-order valence-corrected chi connectivity index (χ0v) is 17.5. The van der Waals surface area contributed by atoms with Crippen LogP contribution in [-0.4, -0.2) is 58.1 Å². The van der Waals surface area contributed by atoms with Gasteiger partial charge in [-0.05, 0) is 61.9 Å². The van der Waals surface area contributed by atoms with Gasteiger partial charge in [0.15, 0.2) is 0 Å². The third-order valence-electron chi connectivity index (χ3n) is 5.42. The van der Waals surface area contributed by atoms with E-state index in [0.717, 1.165) is 38.3 Å². The van der Waals surface area contributed by atoms with Crippen molar-refractivity contribution in [2.75, 3.05) is 62.4 Å². The Labute approximate surface area is 168 Å². The van der Waals surface area contributed by atoms with Crippen LogP contribution in [0.1, 0.15) is 17.5 Å². The van der Waals surface area contributed by atoms with Crippen molar-refractivity contribution in [1.29, 1.82) is 0 Å². The molecule has 5 heteroatoms. The van der Waals surface area contributed by atoms with Crippen LogP contribution in [0.2, 0.25) is 0 Å². The maximum Gasteiger partial charge on any atom is 0.224 e. The zero-order chi connectivity index (χ0) is 20.1. The van der Waals surface area contributed by atoms with Gasteiger partial charge >= 0.3 is 0 Å². The van der Waals surface area contributed by atoms with Crippen LogP contribution in [0.25, 0.3) is 0 Å². The number of carbonyl (C=O) groups excluding carboxylic acids is 1. The molecule has 28 heavy (non-hydrogen) atoms. The molecule has 0 saturated carbocycles. The second-order valence-corrected chi connectivity index (χ2v) is 7.90. The molecule has 0 atom stereocenters. The van der Waals surface area contributed by atoms with Crippen molar-refractivity contribution in [2.24, 2.45) is 0 Å². The van der Waals surface area contributed by atoms with Crippen LogP contribution in [0.15, 0.2) is 42.5 Å². The van der Waals surface area contributed by atoms with Crippen LogP contribution in [0.3, 0.4) is 0 Å². The third kappa shape index (κ3) is 5.26. The number of likely N-dealkylation sites (N-methyl/N-ethyl adjacent to an activating group) is 1. The Balaban J connectivity index is 1.53. The lowest BCUT2D eigenvalue weighted by Gasteiger charge is -2.35. The molecule has 2 aromatic carbocycles. The van der Waals surface area contributed by atoms with Crippen LogP contribution in [0.4, 0.5) is 17.1 Å².